The summed E-state index contributed by atoms with van der Waals surface area (Å²) in [5.74, 6) is -5.61. The van der Waals surface area contributed by atoms with Crippen LogP contribution >= 0.6 is 7.82 Å². The number of carbonyl (C=O) groups is 7. The van der Waals surface area contributed by atoms with Gasteiger partial charge in [0.05, 0.1) is 32.5 Å². The summed E-state index contributed by atoms with van der Waals surface area (Å²) in [6.45, 7) is 20.9. The van der Waals surface area contributed by atoms with Crippen LogP contribution in [0.4, 0.5) is 0 Å². The van der Waals surface area contributed by atoms with Crippen molar-refractivity contribution in [1.29, 1.82) is 0 Å². The molecule has 22 nitrogen and oxygen atoms in total. The number of amides is 2. The zero-order valence-corrected chi connectivity index (χ0v) is 66.6. The molecule has 0 spiro atoms. The number of rotatable bonds is 68. The Morgan fingerprint density at radius 2 is 0.755 bits per heavy atom. The van der Waals surface area contributed by atoms with E-state index in [2.05, 4.69) is 64.0 Å². The Hall–Kier alpha value is -3.76. The van der Waals surface area contributed by atoms with E-state index in [-0.39, 0.29) is 32.1 Å². The molecule has 6 N–H and O–H groups in total. The van der Waals surface area contributed by atoms with Crippen molar-refractivity contribution in [3.63, 3.8) is 0 Å². The zero-order chi connectivity index (χ0) is 75.9. The first-order valence-electron chi connectivity index (χ1n) is 41.1. The van der Waals surface area contributed by atoms with Gasteiger partial charge in [0.2, 0.25) is 11.8 Å². The normalized spacial score (nSPS) is 17.2. The SMILES string of the molecule is CCCCCCCCCCC[C@H](CC(=O)N[C@H]1[C@@H](OC[C@H](NC(=O)C[C@@H](CCCCCCCCCCC)OC(=O)CCCCC)C(=O)O)O[C@H](CO)[C@@H](OP(=O)(O)O)[C@@H]1OC(=O)C[C@@H](CCCCCCCCCCC)OC(=O)CCCCC)OC(=O)CCCCCCCCC.CCN(CC)CC. The third kappa shape index (κ3) is 54.8. The Labute approximate surface area is 618 Å². The molecule has 1 rings (SSSR count). The molecular formula is C79H150N3O19P. The lowest BCUT2D eigenvalue weighted by molar-refractivity contribution is -0.272. The maximum atomic E-state index is 14.7. The summed E-state index contributed by atoms with van der Waals surface area (Å²) in [7, 11) is -5.55. The molecule has 1 aliphatic rings. The van der Waals surface area contributed by atoms with Crippen LogP contribution in [0.15, 0.2) is 0 Å². The molecule has 0 bridgehead atoms. The molecule has 0 aromatic rings. The number of carbonyl (C=O) groups excluding carboxylic acids is 6. The van der Waals surface area contributed by atoms with E-state index in [0.717, 1.165) is 173 Å². The van der Waals surface area contributed by atoms with Crippen LogP contribution in [0, 0.1) is 0 Å². The molecule has 2 amide bonds. The average Bonchev–Trinajstić information content (AvgIpc) is 0.781. The van der Waals surface area contributed by atoms with Crippen molar-refractivity contribution in [3.8, 4) is 0 Å². The molecule has 23 heteroatoms. The number of carboxylic acids is 1. The lowest BCUT2D eigenvalue weighted by Gasteiger charge is -2.45. The van der Waals surface area contributed by atoms with E-state index in [4.69, 9.17) is 32.9 Å². The van der Waals surface area contributed by atoms with Gasteiger partial charge in [-0.2, -0.15) is 0 Å². The summed E-state index contributed by atoms with van der Waals surface area (Å²) < 4.78 is 54.3. The zero-order valence-electron chi connectivity index (χ0n) is 65.7. The smallest absolute Gasteiger partial charge is 0.470 e. The van der Waals surface area contributed by atoms with Crippen LogP contribution in [0.3, 0.4) is 0 Å². The summed E-state index contributed by atoms with van der Waals surface area (Å²) >= 11 is 0. The first kappa shape index (κ1) is 98.2. The highest BCUT2D eigenvalue weighted by Gasteiger charge is 2.52. The van der Waals surface area contributed by atoms with Crippen LogP contribution in [0.2, 0.25) is 0 Å². The Morgan fingerprint density at radius 3 is 1.09 bits per heavy atom. The lowest BCUT2D eigenvalue weighted by atomic mass is 9.95. The minimum atomic E-state index is -5.55. The number of aliphatic hydroxyl groups excluding tert-OH is 1. The van der Waals surface area contributed by atoms with E-state index in [1.807, 2.05) is 13.8 Å². The minimum absolute atomic E-state index is 0.111. The molecule has 1 fully saturated rings. The van der Waals surface area contributed by atoms with Gasteiger partial charge in [-0.3, -0.25) is 33.3 Å². The Balaban J connectivity index is 0.0000138. The predicted octanol–water partition coefficient (Wildman–Crippen LogP) is 17.5. The summed E-state index contributed by atoms with van der Waals surface area (Å²) in [5.41, 5.74) is 0. The molecule has 1 saturated heterocycles. The Morgan fingerprint density at radius 1 is 0.431 bits per heavy atom. The third-order valence-corrected chi connectivity index (χ3v) is 19.6. The molecule has 1 aliphatic heterocycles. The van der Waals surface area contributed by atoms with Gasteiger partial charge in [-0.05, 0) is 77.4 Å². The summed E-state index contributed by atoms with van der Waals surface area (Å²) in [5, 5.41) is 26.7. The molecule has 1 heterocycles. The van der Waals surface area contributed by atoms with Gasteiger partial charge in [-0.25, -0.2) is 9.36 Å². The number of carboxylic acid groups (broad SMARTS) is 1. The second kappa shape index (κ2) is 66.7. The monoisotopic (exact) mass is 1480 g/mol. The van der Waals surface area contributed by atoms with Gasteiger partial charge in [0.1, 0.15) is 36.6 Å². The average molecular weight is 1480 g/mol. The highest BCUT2D eigenvalue weighted by molar-refractivity contribution is 7.46. The molecule has 0 radical (unpaired) electrons. The maximum absolute atomic E-state index is 14.7. The number of phosphoric acid groups is 1. The number of unbranched alkanes of at least 4 members (excludes halogenated alkanes) is 34. The maximum Gasteiger partial charge on any atom is 0.470 e. The molecule has 9 atom stereocenters. The van der Waals surface area contributed by atoms with E-state index >= 15 is 0 Å². The number of hydrogen-bond donors (Lipinski definition) is 6. The first-order valence-corrected chi connectivity index (χ1v) is 42.7. The number of aliphatic hydroxyl groups is 1. The van der Waals surface area contributed by atoms with E-state index in [1.165, 1.54) is 64.6 Å². The lowest BCUT2D eigenvalue weighted by Crippen LogP contribution is -2.66. The molecule has 0 aromatic heterocycles. The third-order valence-electron chi connectivity index (χ3n) is 19.0. The molecule has 0 aromatic carbocycles. The van der Waals surface area contributed by atoms with Crippen LogP contribution in [0.1, 0.15) is 377 Å². The molecule has 0 unspecified atom stereocenters. The van der Waals surface area contributed by atoms with Crippen molar-refractivity contribution in [3.05, 3.63) is 0 Å². The quantitative estimate of drug-likeness (QED) is 0.0143. The number of ether oxygens (including phenoxy) is 6. The van der Waals surface area contributed by atoms with E-state index in [9.17, 15) is 58.1 Å². The van der Waals surface area contributed by atoms with Crippen LogP contribution in [0.25, 0.3) is 0 Å². The molecule has 102 heavy (non-hydrogen) atoms. The minimum Gasteiger partial charge on any atom is -0.480 e. The van der Waals surface area contributed by atoms with Crippen molar-refractivity contribution >= 4 is 49.5 Å². The molecule has 600 valence electrons. The Kier molecular flexibility index (Phi) is 64.2. The molecular weight excluding hydrogens is 1330 g/mol. The van der Waals surface area contributed by atoms with E-state index in [1.54, 1.807) is 0 Å². The number of aliphatic carboxylic acids is 1. The fourth-order valence-electron chi connectivity index (χ4n) is 12.8. The van der Waals surface area contributed by atoms with Crippen LogP contribution < -0.4 is 10.6 Å². The highest BCUT2D eigenvalue weighted by Crippen LogP contribution is 2.42. The predicted molar refractivity (Wildman–Crippen MR) is 403 cm³/mol. The van der Waals surface area contributed by atoms with Gasteiger partial charge in [-0.1, -0.05) is 281 Å². The topological polar surface area (TPSA) is 309 Å². The van der Waals surface area contributed by atoms with E-state index in [0.29, 0.717) is 51.4 Å². The van der Waals surface area contributed by atoms with Crippen LogP contribution in [-0.2, 0) is 71.1 Å². The number of hydrogen-bond acceptors (Lipinski definition) is 17. The fourth-order valence-corrected chi connectivity index (χ4v) is 13.3. The van der Waals surface area contributed by atoms with Crippen molar-refractivity contribution < 1.29 is 91.1 Å². The number of nitrogens with zero attached hydrogens (tertiary/aromatic N) is 1. The van der Waals surface area contributed by atoms with Crippen LogP contribution in [-0.4, -0.2) is 154 Å². The van der Waals surface area contributed by atoms with Crippen molar-refractivity contribution in [2.24, 2.45) is 0 Å². The first-order chi connectivity index (χ1) is 49.2. The van der Waals surface area contributed by atoms with Crippen molar-refractivity contribution in [1.82, 2.24) is 15.5 Å². The second-order valence-electron chi connectivity index (χ2n) is 28.3. The summed E-state index contributed by atoms with van der Waals surface area (Å²) in [6, 6.07) is -3.59. The molecule has 0 aliphatic carbocycles. The van der Waals surface area contributed by atoms with Crippen molar-refractivity contribution in [2.45, 2.75) is 432 Å². The number of nitrogens with one attached hydrogen (secondary N) is 2. The van der Waals surface area contributed by atoms with Gasteiger partial charge in [-0.15, -0.1) is 0 Å². The van der Waals surface area contributed by atoms with E-state index < -0.39 is 131 Å². The van der Waals surface area contributed by atoms with Gasteiger partial charge >= 0.3 is 37.7 Å². The molecule has 0 saturated carbocycles. The van der Waals surface area contributed by atoms with Crippen LogP contribution in [0.5, 0.6) is 0 Å². The van der Waals surface area contributed by atoms with Crippen molar-refractivity contribution in [2.75, 3.05) is 32.8 Å². The van der Waals surface area contributed by atoms with Gasteiger partial charge in [0, 0.05) is 19.3 Å². The fraction of sp³-hybridized carbons (Fsp3) is 0.911. The largest absolute Gasteiger partial charge is 0.480 e. The second-order valence-corrected chi connectivity index (χ2v) is 29.5. The summed E-state index contributed by atoms with van der Waals surface area (Å²) in [6.07, 6.45) is 28.8. The van der Waals surface area contributed by atoms with Gasteiger partial charge in [0.25, 0.3) is 0 Å². The highest BCUT2D eigenvalue weighted by atomic mass is 31.2. The van der Waals surface area contributed by atoms with Gasteiger partial charge < -0.3 is 64.0 Å². The summed E-state index contributed by atoms with van der Waals surface area (Å²) in [4.78, 5) is 119. The number of phosphoric ester groups is 1. The number of esters is 4. The standard InChI is InChI=1S/C73H135N2O19P.C6H15N/c1-7-13-19-23-27-30-34-37-43-47-58(89-65(79)50-41-17-11-5)53-63(77)74-61(72(83)84)57-88-73-69(75-64(78)54-59(48-44-38-35-31-28-24-20-14-8-2)90-67(81)52-46-40-33-26-22-16-10-4)71(70(62(56-76)92-73)94-95(85,86)87)93-68(82)55-60(91-66(80)51-42-18-12-6)49-45-39-36-32-29-25-21-15-9-3;1-4-7(5-2)6-3/h58-62,69-71,73,76H,7-57H2,1-6H3,(H,74,77)(H,75,78)(H,83,84)(H2,85,86,87);4-6H2,1-3H3/t58-,59-,60-,61+,62-,69-,70-,71-,73+;/m1./s1. The Bertz CT molecular complexity index is 2130. The van der Waals surface area contributed by atoms with Gasteiger partial charge in [0.15, 0.2) is 18.4 Å².